The molecule has 0 spiro atoms. The van der Waals surface area contributed by atoms with Gasteiger partial charge in [0.15, 0.2) is 5.78 Å². The summed E-state index contributed by atoms with van der Waals surface area (Å²) in [6.07, 6.45) is 4.91. The topological polar surface area (TPSA) is 53.4 Å². The van der Waals surface area contributed by atoms with Crippen LogP contribution in [-0.2, 0) is 24.9 Å². The third-order valence-corrected chi connectivity index (χ3v) is 8.69. The summed E-state index contributed by atoms with van der Waals surface area (Å²) in [6.45, 7) is 10.2. The van der Waals surface area contributed by atoms with Crippen molar-refractivity contribution < 1.29 is 30.0 Å². The monoisotopic (exact) mass is 762 g/mol. The molecule has 1 aliphatic heterocycles. The largest absolute Gasteiger partial charge is 0.512 e. The average molecular weight is 762 g/mol. The van der Waals surface area contributed by atoms with Crippen LogP contribution < -0.4 is 4.90 Å². The van der Waals surface area contributed by atoms with Crippen LogP contribution in [0.5, 0.6) is 0 Å². The molecule has 0 aliphatic carbocycles. The Balaban J connectivity index is 0.000000239. The maximum Gasteiger partial charge on any atom is 0.162 e. The first-order valence-corrected chi connectivity index (χ1v) is 15.5. The fourth-order valence-electron chi connectivity index (χ4n) is 6.08. The van der Waals surface area contributed by atoms with E-state index in [2.05, 4.69) is 96.8 Å². The molecule has 0 fully saturated rings. The van der Waals surface area contributed by atoms with Crippen molar-refractivity contribution in [1.29, 1.82) is 0 Å². The van der Waals surface area contributed by atoms with Gasteiger partial charge in [-0.25, -0.2) is 0 Å². The number of carbonyl (C=O) groups excluding carboxylic acids is 1. The predicted molar refractivity (Wildman–Crippen MR) is 180 cm³/mol. The van der Waals surface area contributed by atoms with Crippen LogP contribution in [0.25, 0.3) is 32.9 Å². The zero-order valence-corrected chi connectivity index (χ0v) is 28.6. The fourth-order valence-corrected chi connectivity index (χ4v) is 6.08. The number of aliphatic hydroxyl groups excluding tert-OH is 1. The molecule has 4 aromatic carbocycles. The Kier molecular flexibility index (Phi) is 11.1. The van der Waals surface area contributed by atoms with Gasteiger partial charge in [0.05, 0.1) is 11.3 Å². The Bertz CT molecular complexity index is 1770. The van der Waals surface area contributed by atoms with Crippen molar-refractivity contribution in [3.05, 3.63) is 108 Å². The summed E-state index contributed by atoms with van der Waals surface area (Å²) >= 11 is 0. The van der Waals surface area contributed by atoms with Gasteiger partial charge in [-0.3, -0.25) is 9.78 Å². The number of benzene rings is 4. The summed E-state index contributed by atoms with van der Waals surface area (Å²) in [5, 5.41) is 13.4. The minimum Gasteiger partial charge on any atom is -0.512 e. The van der Waals surface area contributed by atoms with Crippen molar-refractivity contribution in [3.8, 4) is 11.3 Å². The average Bonchev–Trinajstić information content (AvgIpc) is 3.03. The van der Waals surface area contributed by atoms with Crippen molar-refractivity contribution >= 4 is 44.5 Å². The molecule has 0 saturated heterocycles. The second-order valence-electron chi connectivity index (χ2n) is 11.3. The molecule has 0 bridgehead atoms. The molecular weight excluding hydrogens is 721 g/mol. The Morgan fingerprint density at radius 1 is 0.864 bits per heavy atom. The molecule has 1 aromatic heterocycles. The molecule has 6 rings (SSSR count). The summed E-state index contributed by atoms with van der Waals surface area (Å²) in [4.78, 5) is 19.1. The van der Waals surface area contributed by atoms with E-state index in [-0.39, 0.29) is 43.5 Å². The minimum absolute atomic E-state index is 0. The van der Waals surface area contributed by atoms with Gasteiger partial charge in [0.2, 0.25) is 0 Å². The van der Waals surface area contributed by atoms with E-state index in [9.17, 15) is 9.90 Å². The Morgan fingerprint density at radius 2 is 1.55 bits per heavy atom. The number of pyridine rings is 1. The van der Waals surface area contributed by atoms with Crippen molar-refractivity contribution in [2.75, 3.05) is 4.90 Å². The van der Waals surface area contributed by atoms with Gasteiger partial charge in [0, 0.05) is 66.2 Å². The molecule has 229 valence electrons. The molecular formula is C39H41IrN2O2-. The fraction of sp³-hybridized carbons (Fsp3) is 0.282. The van der Waals surface area contributed by atoms with Gasteiger partial charge in [-0.15, -0.1) is 23.8 Å². The number of para-hydroxylation sites is 1. The molecule has 1 N–H and O–H groups in total. The van der Waals surface area contributed by atoms with Crippen LogP contribution in [0.1, 0.15) is 58.9 Å². The smallest absolute Gasteiger partial charge is 0.162 e. The van der Waals surface area contributed by atoms with Crippen LogP contribution in [0.3, 0.4) is 0 Å². The van der Waals surface area contributed by atoms with Crippen molar-refractivity contribution in [1.82, 2.24) is 4.98 Å². The van der Waals surface area contributed by atoms with Gasteiger partial charge >= 0.3 is 0 Å². The number of nitrogens with zero attached hydrogens (tertiary/aromatic N) is 2. The van der Waals surface area contributed by atoms with Gasteiger partial charge in [0.1, 0.15) is 0 Å². The second kappa shape index (κ2) is 14.8. The Morgan fingerprint density at radius 3 is 2.23 bits per heavy atom. The van der Waals surface area contributed by atoms with Gasteiger partial charge in [-0.05, 0) is 68.5 Å². The van der Waals surface area contributed by atoms with E-state index in [4.69, 9.17) is 4.98 Å². The number of rotatable bonds is 8. The number of carbonyl (C=O) groups is 1. The summed E-state index contributed by atoms with van der Waals surface area (Å²) in [5.41, 5.74) is 7.76. The SMILES string of the molecule is CCC(CC)C(=O)/C=C(\O)C(CC)CC.Cc1cccc2nc3c(cc12)N(c1ccccc1)c1cccc2cc[c-]c-3c12.[Ir]. The molecule has 0 unspecified atom stereocenters. The first-order valence-electron chi connectivity index (χ1n) is 15.5. The van der Waals surface area contributed by atoms with Gasteiger partial charge < -0.3 is 10.0 Å². The number of aromatic nitrogens is 1. The number of hydrogen-bond acceptors (Lipinski definition) is 4. The van der Waals surface area contributed by atoms with Crippen LogP contribution in [0.4, 0.5) is 17.1 Å². The number of aliphatic hydroxyl groups is 1. The number of allylic oxidation sites excluding steroid dienone is 2. The molecule has 44 heavy (non-hydrogen) atoms. The zero-order valence-electron chi connectivity index (χ0n) is 26.2. The summed E-state index contributed by atoms with van der Waals surface area (Å²) in [5.74, 6) is 0.547. The molecule has 0 atom stereocenters. The van der Waals surface area contributed by atoms with E-state index >= 15 is 0 Å². The number of ketones is 1. The first kappa shape index (κ1) is 33.1. The Labute approximate surface area is 275 Å². The van der Waals surface area contributed by atoms with Crippen molar-refractivity contribution in [2.24, 2.45) is 11.8 Å². The number of hydrogen-bond donors (Lipinski definition) is 1. The van der Waals surface area contributed by atoms with Crippen LogP contribution in [0.15, 0.2) is 96.8 Å². The van der Waals surface area contributed by atoms with E-state index in [1.54, 1.807) is 0 Å². The molecule has 1 radical (unpaired) electrons. The van der Waals surface area contributed by atoms with Gasteiger partial charge in [-0.1, -0.05) is 80.9 Å². The van der Waals surface area contributed by atoms with Gasteiger partial charge in [-0.2, -0.15) is 0 Å². The quantitative estimate of drug-likeness (QED) is 0.0953. The number of aryl methyl sites for hydroxylation is 1. The standard InChI is InChI=1S/C26H17N2.C13H24O2.Ir/c1-17-8-5-14-22-21(17)16-24-26(27-22)20-13-6-9-18-10-7-15-23(25(18)20)28(24)19-11-3-2-4-12-19;1-5-10(6-2)12(14)9-13(15)11(7-3)8-4;/h2-12,14-16H,1H3;9-11,14H,5-8H2,1-4H3;/q-1;;/b;12-9-;. The van der Waals surface area contributed by atoms with E-state index in [1.165, 1.54) is 33.5 Å². The van der Waals surface area contributed by atoms with Gasteiger partial charge in [0.25, 0.3) is 0 Å². The summed E-state index contributed by atoms with van der Waals surface area (Å²) < 4.78 is 0. The summed E-state index contributed by atoms with van der Waals surface area (Å²) in [7, 11) is 0. The number of fused-ring (bicyclic) bond motifs is 3. The van der Waals surface area contributed by atoms with E-state index in [0.29, 0.717) is 0 Å². The second-order valence-corrected chi connectivity index (χ2v) is 11.3. The van der Waals surface area contributed by atoms with E-state index in [0.717, 1.165) is 53.8 Å². The van der Waals surface area contributed by atoms with Crippen molar-refractivity contribution in [3.63, 3.8) is 0 Å². The first-order chi connectivity index (χ1) is 20.9. The van der Waals surface area contributed by atoms with Crippen molar-refractivity contribution in [2.45, 2.75) is 60.3 Å². The molecule has 0 amide bonds. The molecule has 4 nitrogen and oxygen atoms in total. The Hall–Kier alpha value is -3.79. The number of anilines is 3. The molecule has 1 aliphatic rings. The normalized spacial score (nSPS) is 12.2. The molecule has 5 heteroatoms. The van der Waals surface area contributed by atoms with Crippen LogP contribution >= 0.6 is 0 Å². The molecule has 0 saturated carbocycles. The van der Waals surface area contributed by atoms with Crippen LogP contribution in [0.2, 0.25) is 0 Å². The van der Waals surface area contributed by atoms with E-state index < -0.39 is 0 Å². The third-order valence-electron chi connectivity index (χ3n) is 8.69. The maximum absolute atomic E-state index is 11.7. The third kappa shape index (κ3) is 6.50. The molecule has 2 heterocycles. The maximum atomic E-state index is 11.7. The predicted octanol–water partition coefficient (Wildman–Crippen LogP) is 10.8. The molecule has 5 aromatic rings. The minimum atomic E-state index is 0. The zero-order chi connectivity index (χ0) is 30.5. The summed E-state index contributed by atoms with van der Waals surface area (Å²) in [6, 6.07) is 33.2. The van der Waals surface area contributed by atoms with Crippen LogP contribution in [0, 0.1) is 24.8 Å². The van der Waals surface area contributed by atoms with E-state index in [1.807, 2.05) is 33.8 Å². The van der Waals surface area contributed by atoms with Crippen LogP contribution in [-0.4, -0.2) is 15.9 Å².